The van der Waals surface area contributed by atoms with Gasteiger partial charge in [0.25, 0.3) is 0 Å². The molecule has 1 aliphatic carbocycles. The van der Waals surface area contributed by atoms with Crippen LogP contribution >= 0.6 is 11.3 Å². The van der Waals surface area contributed by atoms with E-state index in [1.807, 2.05) is 11.3 Å². The normalized spacial score (nSPS) is 12.1. The molecule has 0 bridgehead atoms. The number of benzene rings is 10. The molecule has 2 aromatic heterocycles. The van der Waals surface area contributed by atoms with Crippen molar-refractivity contribution in [3.8, 4) is 61.3 Å². The number of fused-ring (bicyclic) bond motifs is 10. The van der Waals surface area contributed by atoms with Gasteiger partial charge in [0.1, 0.15) is 0 Å². The Morgan fingerprint density at radius 3 is 1.67 bits per heavy atom. The van der Waals surface area contributed by atoms with Crippen molar-refractivity contribution in [2.45, 2.75) is 0 Å². The number of nitrogens with zero attached hydrogens (tertiary/aromatic N) is 1. The van der Waals surface area contributed by atoms with E-state index in [0.29, 0.717) is 0 Å². The van der Waals surface area contributed by atoms with Crippen molar-refractivity contribution >= 4 is 74.9 Å². The van der Waals surface area contributed by atoms with Crippen LogP contribution in [0.4, 0.5) is 0 Å². The zero-order valence-corrected chi connectivity index (χ0v) is 32.2. The van der Waals surface area contributed by atoms with Crippen LogP contribution in [0.3, 0.4) is 0 Å². The minimum absolute atomic E-state index is 1.19. The second-order valence-electron chi connectivity index (χ2n) is 15.6. The molecule has 268 valence electrons. The van der Waals surface area contributed by atoms with Crippen molar-refractivity contribution < 1.29 is 0 Å². The third-order valence-electron chi connectivity index (χ3n) is 12.6. The van der Waals surface area contributed by atoms with Crippen LogP contribution in [0.1, 0.15) is 0 Å². The van der Waals surface area contributed by atoms with Crippen LogP contribution < -0.4 is 0 Å². The molecule has 1 aliphatic rings. The van der Waals surface area contributed by atoms with Crippen LogP contribution in [0.25, 0.3) is 125 Å². The second-order valence-corrected chi connectivity index (χ2v) is 16.7. The molecule has 0 fully saturated rings. The van der Waals surface area contributed by atoms with Gasteiger partial charge in [-0.25, -0.2) is 0 Å². The first kappa shape index (κ1) is 31.9. The van der Waals surface area contributed by atoms with Gasteiger partial charge in [-0.15, -0.1) is 11.3 Å². The summed E-state index contributed by atoms with van der Waals surface area (Å²) in [5, 5.41) is 10.3. The molecular weight excluding hydrogens is 719 g/mol. The quantitative estimate of drug-likeness (QED) is 0.169. The minimum Gasteiger partial charge on any atom is -0.309 e. The average Bonchev–Trinajstić information content (AvgIpc) is 3.94. The second kappa shape index (κ2) is 12.1. The molecule has 0 N–H and O–H groups in total. The highest BCUT2D eigenvalue weighted by Crippen LogP contribution is 2.49. The summed E-state index contributed by atoms with van der Waals surface area (Å²) in [6.45, 7) is 0. The zero-order chi connectivity index (χ0) is 37.9. The fraction of sp³-hybridized carbons (Fsp3) is 0. The van der Waals surface area contributed by atoms with Gasteiger partial charge >= 0.3 is 0 Å². The minimum atomic E-state index is 1.19. The molecule has 0 atom stereocenters. The molecule has 58 heavy (non-hydrogen) atoms. The fourth-order valence-corrected chi connectivity index (χ4v) is 11.0. The van der Waals surface area contributed by atoms with Crippen molar-refractivity contribution in [2.24, 2.45) is 0 Å². The first-order chi connectivity index (χ1) is 28.8. The summed E-state index contributed by atoms with van der Waals surface area (Å²) in [7, 11) is 0. The predicted octanol–water partition coefficient (Wildman–Crippen LogP) is 16.1. The van der Waals surface area contributed by atoms with Gasteiger partial charge in [-0.05, 0) is 120 Å². The SMILES string of the molecule is c1cc(-c2ccc(-n3c4ccccc4c4cc(-c5ccc6sc7ccccc7c6c5)ccc43)c3ccccc23)cc(-c2ccc3c4c(cccc24)-c2ccccc2-3)c1. The molecule has 0 amide bonds. The van der Waals surface area contributed by atoms with E-state index in [0.717, 1.165) is 0 Å². The molecule has 2 heterocycles. The van der Waals surface area contributed by atoms with E-state index in [1.54, 1.807) is 0 Å². The van der Waals surface area contributed by atoms with Gasteiger partial charge in [-0.3, -0.25) is 0 Å². The van der Waals surface area contributed by atoms with Crippen LogP contribution in [0.5, 0.6) is 0 Å². The van der Waals surface area contributed by atoms with Gasteiger partial charge in [0.15, 0.2) is 0 Å². The number of aromatic nitrogens is 1. The Balaban J connectivity index is 0.950. The number of thiophene rings is 1. The van der Waals surface area contributed by atoms with E-state index >= 15 is 0 Å². The van der Waals surface area contributed by atoms with Crippen LogP contribution in [0.2, 0.25) is 0 Å². The van der Waals surface area contributed by atoms with E-state index in [2.05, 4.69) is 205 Å². The maximum Gasteiger partial charge on any atom is 0.0541 e. The molecular formula is C56H33NS. The van der Waals surface area contributed by atoms with E-state index in [-0.39, 0.29) is 0 Å². The monoisotopic (exact) mass is 751 g/mol. The summed E-state index contributed by atoms with van der Waals surface area (Å²) in [5.41, 5.74) is 16.4. The van der Waals surface area contributed by atoms with Gasteiger partial charge in [-0.1, -0.05) is 152 Å². The Labute approximate surface area is 339 Å². The van der Waals surface area contributed by atoms with Crippen molar-refractivity contribution in [3.05, 3.63) is 200 Å². The summed E-state index contributed by atoms with van der Waals surface area (Å²) < 4.78 is 5.14. The van der Waals surface area contributed by atoms with Gasteiger partial charge in [0.2, 0.25) is 0 Å². The molecule has 10 aromatic carbocycles. The highest BCUT2D eigenvalue weighted by Gasteiger charge is 2.23. The Hall–Kier alpha value is -7.26. The van der Waals surface area contributed by atoms with Gasteiger partial charge < -0.3 is 4.57 Å². The topological polar surface area (TPSA) is 4.93 Å². The number of rotatable bonds is 4. The fourth-order valence-electron chi connectivity index (χ4n) is 9.96. The molecule has 0 unspecified atom stereocenters. The summed E-state index contributed by atoms with van der Waals surface area (Å²) in [6.07, 6.45) is 0. The van der Waals surface area contributed by atoms with Crippen molar-refractivity contribution in [2.75, 3.05) is 0 Å². The molecule has 0 radical (unpaired) electrons. The summed E-state index contributed by atoms with van der Waals surface area (Å²) in [5.74, 6) is 0. The third-order valence-corrected chi connectivity index (χ3v) is 13.7. The zero-order valence-electron chi connectivity index (χ0n) is 31.4. The molecule has 0 spiro atoms. The van der Waals surface area contributed by atoms with Crippen LogP contribution in [0.15, 0.2) is 200 Å². The molecule has 1 nitrogen and oxygen atoms in total. The van der Waals surface area contributed by atoms with Gasteiger partial charge in [0, 0.05) is 36.3 Å². The lowest BCUT2D eigenvalue weighted by Crippen LogP contribution is -1.96. The predicted molar refractivity (Wildman–Crippen MR) is 249 cm³/mol. The van der Waals surface area contributed by atoms with Crippen molar-refractivity contribution in [1.82, 2.24) is 4.57 Å². The Bertz CT molecular complexity index is 3660. The number of hydrogen-bond donors (Lipinski definition) is 0. The maximum absolute atomic E-state index is 2.47. The lowest BCUT2D eigenvalue weighted by atomic mass is 9.91. The van der Waals surface area contributed by atoms with E-state index in [4.69, 9.17) is 0 Å². The van der Waals surface area contributed by atoms with E-state index in [9.17, 15) is 0 Å². The third kappa shape index (κ3) is 4.52. The summed E-state index contributed by atoms with van der Waals surface area (Å²) in [4.78, 5) is 0. The van der Waals surface area contributed by atoms with Crippen LogP contribution in [0, 0.1) is 0 Å². The highest BCUT2D eigenvalue weighted by atomic mass is 32.1. The average molecular weight is 752 g/mol. The van der Waals surface area contributed by atoms with Crippen molar-refractivity contribution in [1.29, 1.82) is 0 Å². The number of hydrogen-bond acceptors (Lipinski definition) is 1. The number of para-hydroxylation sites is 1. The summed E-state index contributed by atoms with van der Waals surface area (Å²) >= 11 is 1.87. The highest BCUT2D eigenvalue weighted by molar-refractivity contribution is 7.25. The lowest BCUT2D eigenvalue weighted by molar-refractivity contribution is 1.20. The van der Waals surface area contributed by atoms with E-state index in [1.165, 1.54) is 125 Å². The Morgan fingerprint density at radius 2 is 0.828 bits per heavy atom. The van der Waals surface area contributed by atoms with Crippen LogP contribution in [-0.4, -0.2) is 4.57 Å². The molecule has 2 heteroatoms. The molecule has 0 aliphatic heterocycles. The maximum atomic E-state index is 2.47. The first-order valence-electron chi connectivity index (χ1n) is 20.0. The molecule has 0 saturated carbocycles. The standard InChI is InChI=1S/C56H33NS/c1-2-15-42-41(14-1)47-20-10-19-46-39(25-26-48(42)56(46)47)37-12-9-11-36(31-37)38-27-29-52(43-16-4-3-13-40(38)43)57-51-21-7-5-17-44(51)49-32-34(23-28-53(49)57)35-24-30-55-50(33-35)45-18-6-8-22-54(45)58-55/h1-33H. The molecule has 13 rings (SSSR count). The smallest absolute Gasteiger partial charge is 0.0541 e. The Kier molecular flexibility index (Phi) is 6.66. The Morgan fingerprint density at radius 1 is 0.276 bits per heavy atom. The summed E-state index contributed by atoms with van der Waals surface area (Å²) in [6, 6.07) is 74.5. The lowest BCUT2D eigenvalue weighted by Gasteiger charge is -2.16. The largest absolute Gasteiger partial charge is 0.309 e. The van der Waals surface area contributed by atoms with Crippen LogP contribution in [-0.2, 0) is 0 Å². The van der Waals surface area contributed by atoms with Gasteiger partial charge in [-0.2, -0.15) is 0 Å². The molecule has 0 saturated heterocycles. The van der Waals surface area contributed by atoms with Gasteiger partial charge in [0.05, 0.1) is 16.7 Å². The van der Waals surface area contributed by atoms with Crippen molar-refractivity contribution in [3.63, 3.8) is 0 Å². The van der Waals surface area contributed by atoms with E-state index < -0.39 is 0 Å². The first-order valence-corrected chi connectivity index (χ1v) is 20.8. The molecule has 12 aromatic rings.